The summed E-state index contributed by atoms with van der Waals surface area (Å²) in [5, 5.41) is 3.86. The molecule has 0 aliphatic rings. The lowest BCUT2D eigenvalue weighted by molar-refractivity contribution is -0.118. The van der Waals surface area contributed by atoms with E-state index in [9.17, 15) is 9.59 Å². The van der Waals surface area contributed by atoms with E-state index in [1.807, 2.05) is 73.7 Å². The lowest BCUT2D eigenvalue weighted by Crippen LogP contribution is -2.21. The number of nitrogens with one attached hydrogen (secondary N) is 1. The Balaban J connectivity index is 1.49. The highest BCUT2D eigenvalue weighted by molar-refractivity contribution is 7.17. The van der Waals surface area contributed by atoms with Gasteiger partial charge in [0.05, 0.1) is 6.61 Å². The zero-order chi connectivity index (χ0) is 24.8. The molecule has 3 aromatic carbocycles. The maximum atomic E-state index is 12.8. The van der Waals surface area contributed by atoms with E-state index >= 15 is 0 Å². The van der Waals surface area contributed by atoms with E-state index in [1.165, 1.54) is 11.3 Å². The summed E-state index contributed by atoms with van der Waals surface area (Å²) >= 11 is 7.35. The summed E-state index contributed by atoms with van der Waals surface area (Å²) in [4.78, 5) is 26.4. The normalized spacial score (nSPS) is 10.6. The molecule has 0 saturated carbocycles. The van der Waals surface area contributed by atoms with Gasteiger partial charge in [-0.25, -0.2) is 4.79 Å². The molecule has 1 N–H and O–H groups in total. The molecule has 0 aliphatic heterocycles. The van der Waals surface area contributed by atoms with Crippen LogP contribution < -0.4 is 10.1 Å². The predicted molar refractivity (Wildman–Crippen MR) is 141 cm³/mol. The minimum absolute atomic E-state index is 0.194. The maximum absolute atomic E-state index is 12.8. The van der Waals surface area contributed by atoms with E-state index in [2.05, 4.69) is 5.32 Å². The molecule has 1 heterocycles. The summed E-state index contributed by atoms with van der Waals surface area (Å²) in [5.41, 5.74) is 4.04. The summed E-state index contributed by atoms with van der Waals surface area (Å²) in [7, 11) is 0. The number of anilines is 1. The van der Waals surface area contributed by atoms with Gasteiger partial charge >= 0.3 is 5.97 Å². The zero-order valence-electron chi connectivity index (χ0n) is 19.3. The molecule has 4 rings (SSSR count). The number of benzene rings is 3. The van der Waals surface area contributed by atoms with E-state index in [0.29, 0.717) is 21.3 Å². The number of hydrogen-bond donors (Lipinski definition) is 1. The summed E-state index contributed by atoms with van der Waals surface area (Å²) in [6.07, 6.45) is 0. The third-order valence-electron chi connectivity index (χ3n) is 5.28. The molecule has 1 aromatic heterocycles. The van der Waals surface area contributed by atoms with E-state index in [0.717, 1.165) is 27.1 Å². The Morgan fingerprint density at radius 3 is 2.17 bits per heavy atom. The van der Waals surface area contributed by atoms with Gasteiger partial charge in [0.15, 0.2) is 6.61 Å². The summed E-state index contributed by atoms with van der Waals surface area (Å²) in [6, 6.07) is 24.8. The average molecular weight is 506 g/mol. The number of carbonyl (C=O) groups is 2. The van der Waals surface area contributed by atoms with Gasteiger partial charge in [-0.1, -0.05) is 66.2 Å². The van der Waals surface area contributed by atoms with Crippen molar-refractivity contribution < 1.29 is 19.1 Å². The fourth-order valence-corrected chi connectivity index (χ4v) is 4.89. The van der Waals surface area contributed by atoms with Crippen LogP contribution in [0.1, 0.15) is 22.2 Å². The van der Waals surface area contributed by atoms with E-state index in [1.54, 1.807) is 19.1 Å². The lowest BCUT2D eigenvalue weighted by Gasteiger charge is -2.10. The van der Waals surface area contributed by atoms with Crippen LogP contribution in [0.3, 0.4) is 0 Å². The number of halogens is 1. The van der Waals surface area contributed by atoms with Crippen molar-refractivity contribution in [2.24, 2.45) is 0 Å². The monoisotopic (exact) mass is 505 g/mol. The first-order valence-corrected chi connectivity index (χ1v) is 12.3. The maximum Gasteiger partial charge on any atom is 0.341 e. The zero-order valence-corrected chi connectivity index (χ0v) is 20.9. The van der Waals surface area contributed by atoms with Gasteiger partial charge in [-0.2, -0.15) is 0 Å². The Hall–Kier alpha value is -3.61. The molecule has 4 aromatic rings. The third kappa shape index (κ3) is 5.91. The first-order chi connectivity index (χ1) is 17.0. The van der Waals surface area contributed by atoms with Crippen LogP contribution in [0.5, 0.6) is 5.75 Å². The number of carbonyl (C=O) groups excluding carboxylic acids is 2. The smallest absolute Gasteiger partial charge is 0.341 e. The van der Waals surface area contributed by atoms with Gasteiger partial charge in [-0.3, -0.25) is 4.79 Å². The predicted octanol–water partition coefficient (Wildman–Crippen LogP) is 7.24. The molecular formula is C28H24ClNO4S. The second-order valence-electron chi connectivity index (χ2n) is 7.69. The standard InChI is InChI=1S/C28H24ClNO4S/c1-3-33-28(32)26-25(21-9-13-22(29)14-10-21)18(2)35-27(26)30-24(31)17-34-23-15-11-20(12-16-23)19-7-5-4-6-8-19/h4-16H,3,17H2,1-2H3,(H,30,31). The quantitative estimate of drug-likeness (QED) is 0.256. The lowest BCUT2D eigenvalue weighted by atomic mass is 10.0. The van der Waals surface area contributed by atoms with Gasteiger partial charge in [-0.05, 0) is 54.8 Å². The van der Waals surface area contributed by atoms with Crippen molar-refractivity contribution in [1.29, 1.82) is 0 Å². The van der Waals surface area contributed by atoms with Crippen molar-refractivity contribution >= 4 is 39.8 Å². The highest BCUT2D eigenvalue weighted by atomic mass is 35.5. The average Bonchev–Trinajstić information content (AvgIpc) is 3.19. The molecule has 0 atom stereocenters. The highest BCUT2D eigenvalue weighted by Crippen LogP contribution is 2.40. The number of thiophene rings is 1. The Bertz CT molecular complexity index is 1320. The van der Waals surface area contributed by atoms with Crippen LogP contribution in [0.25, 0.3) is 22.3 Å². The Kier molecular flexibility index (Phi) is 7.85. The molecule has 0 fully saturated rings. The van der Waals surface area contributed by atoms with Gasteiger partial charge in [0.1, 0.15) is 16.3 Å². The second-order valence-corrected chi connectivity index (χ2v) is 9.35. The van der Waals surface area contributed by atoms with E-state index in [-0.39, 0.29) is 19.1 Å². The topological polar surface area (TPSA) is 64.6 Å². The molecular weight excluding hydrogens is 482 g/mol. The van der Waals surface area contributed by atoms with Gasteiger partial charge < -0.3 is 14.8 Å². The van der Waals surface area contributed by atoms with E-state index in [4.69, 9.17) is 21.1 Å². The first kappa shape index (κ1) is 24.5. The second kappa shape index (κ2) is 11.2. The molecule has 0 spiro atoms. The number of ether oxygens (including phenoxy) is 2. The molecule has 0 bridgehead atoms. The van der Waals surface area contributed by atoms with Gasteiger partial charge in [0, 0.05) is 15.5 Å². The summed E-state index contributed by atoms with van der Waals surface area (Å²) in [6.45, 7) is 3.68. The van der Waals surface area contributed by atoms with Crippen molar-refractivity contribution in [3.8, 4) is 28.0 Å². The highest BCUT2D eigenvalue weighted by Gasteiger charge is 2.25. The van der Waals surface area contributed by atoms with Gasteiger partial charge in [-0.15, -0.1) is 11.3 Å². The molecule has 0 unspecified atom stereocenters. The first-order valence-electron chi connectivity index (χ1n) is 11.1. The van der Waals surface area contributed by atoms with Crippen molar-refractivity contribution in [3.05, 3.63) is 94.3 Å². The number of amides is 1. The molecule has 0 aliphatic carbocycles. The van der Waals surface area contributed by atoms with Crippen LogP contribution in [0, 0.1) is 6.92 Å². The van der Waals surface area contributed by atoms with Crippen LogP contribution in [0.4, 0.5) is 5.00 Å². The SMILES string of the molecule is CCOC(=O)c1c(NC(=O)COc2ccc(-c3ccccc3)cc2)sc(C)c1-c1ccc(Cl)cc1. The molecule has 0 radical (unpaired) electrons. The number of esters is 1. The minimum atomic E-state index is -0.491. The Morgan fingerprint density at radius 2 is 1.51 bits per heavy atom. The fraction of sp³-hybridized carbons (Fsp3) is 0.143. The molecule has 1 amide bonds. The van der Waals surface area contributed by atoms with Crippen LogP contribution >= 0.6 is 22.9 Å². The fourth-order valence-electron chi connectivity index (χ4n) is 3.68. The van der Waals surface area contributed by atoms with Crippen molar-refractivity contribution in [2.45, 2.75) is 13.8 Å². The number of aryl methyl sites for hydroxylation is 1. The van der Waals surface area contributed by atoms with E-state index < -0.39 is 5.97 Å². The number of hydrogen-bond acceptors (Lipinski definition) is 5. The van der Waals surface area contributed by atoms with Crippen LogP contribution in [0.2, 0.25) is 5.02 Å². The molecule has 7 heteroatoms. The Morgan fingerprint density at radius 1 is 0.886 bits per heavy atom. The van der Waals surface area contributed by atoms with Crippen molar-refractivity contribution in [1.82, 2.24) is 0 Å². The molecule has 178 valence electrons. The van der Waals surface area contributed by atoms with Gasteiger partial charge in [0.25, 0.3) is 5.91 Å². The molecule has 35 heavy (non-hydrogen) atoms. The van der Waals surface area contributed by atoms with Crippen LogP contribution in [0.15, 0.2) is 78.9 Å². The minimum Gasteiger partial charge on any atom is -0.484 e. The van der Waals surface area contributed by atoms with Crippen LogP contribution in [-0.4, -0.2) is 25.1 Å². The van der Waals surface area contributed by atoms with Crippen molar-refractivity contribution in [2.75, 3.05) is 18.5 Å². The summed E-state index contributed by atoms with van der Waals surface area (Å²) in [5.74, 6) is -0.282. The molecule has 5 nitrogen and oxygen atoms in total. The van der Waals surface area contributed by atoms with Crippen molar-refractivity contribution in [3.63, 3.8) is 0 Å². The molecule has 0 saturated heterocycles. The van der Waals surface area contributed by atoms with Gasteiger partial charge in [0.2, 0.25) is 0 Å². The summed E-state index contributed by atoms with van der Waals surface area (Å²) < 4.78 is 11.0. The van der Waals surface area contributed by atoms with Crippen LogP contribution in [-0.2, 0) is 9.53 Å². The number of rotatable bonds is 8. The third-order valence-corrected chi connectivity index (χ3v) is 6.55. The Labute approximate surface area is 213 Å². The largest absolute Gasteiger partial charge is 0.484 e.